The Bertz CT molecular complexity index is 978. The fourth-order valence-corrected chi connectivity index (χ4v) is 2.38. The quantitative estimate of drug-likeness (QED) is 0.376. The van der Waals surface area contributed by atoms with E-state index in [4.69, 9.17) is 15.3 Å². The van der Waals surface area contributed by atoms with Gasteiger partial charge in [-0.05, 0) is 23.1 Å². The van der Waals surface area contributed by atoms with E-state index < -0.39 is 17.9 Å². The summed E-state index contributed by atoms with van der Waals surface area (Å²) in [5.74, 6) is -1.37. The topological polar surface area (TPSA) is 204 Å². The molecule has 0 amide bonds. The summed E-state index contributed by atoms with van der Waals surface area (Å²) in [5.41, 5.74) is 1.74. The van der Waals surface area contributed by atoms with Crippen LogP contribution in [0.5, 0.6) is 0 Å². The lowest BCUT2D eigenvalue weighted by molar-refractivity contribution is -0.139. The lowest BCUT2D eigenvalue weighted by atomic mass is 10.1. The van der Waals surface area contributed by atoms with Gasteiger partial charge in [-0.3, -0.25) is 19.1 Å². The van der Waals surface area contributed by atoms with Gasteiger partial charge in [0.2, 0.25) is 0 Å². The minimum atomic E-state index is -0.970. The smallest absolute Gasteiger partial charge is 0.327 e. The number of aromatic nitrogens is 9. The zero-order valence-electron chi connectivity index (χ0n) is 21.2. The Labute approximate surface area is 207 Å². The van der Waals surface area contributed by atoms with Crippen molar-refractivity contribution in [3.63, 3.8) is 0 Å². The predicted molar refractivity (Wildman–Crippen MR) is 125 cm³/mol. The van der Waals surface area contributed by atoms with Gasteiger partial charge in [-0.25, -0.2) is 4.68 Å². The molecular weight excluding hydrogens is 474 g/mol. The third-order valence-corrected chi connectivity index (χ3v) is 4.26. The molecule has 0 saturated heterocycles. The summed E-state index contributed by atoms with van der Waals surface area (Å²) in [6.07, 6.45) is 3.34. The van der Waals surface area contributed by atoms with Crippen LogP contribution in [0.2, 0.25) is 0 Å². The van der Waals surface area contributed by atoms with Crippen LogP contribution in [0.4, 0.5) is 0 Å². The Kier molecular flexibility index (Phi) is 11.8. The van der Waals surface area contributed by atoms with Crippen LogP contribution in [0.3, 0.4) is 0 Å². The number of nitrogens with zero attached hydrogens (tertiary/aromatic N) is 9. The number of carbonyl (C=O) groups is 3. The molecule has 0 radical (unpaired) electrons. The second kappa shape index (κ2) is 14.3. The number of carboxylic acids is 3. The number of hydrogen-bond acceptors (Lipinski definition) is 9. The fraction of sp³-hybridized carbons (Fsp3) is 0.571. The van der Waals surface area contributed by atoms with Crippen molar-refractivity contribution in [3.05, 3.63) is 35.7 Å². The first kappa shape index (κ1) is 29.9. The Morgan fingerprint density at radius 2 is 1.28 bits per heavy atom. The van der Waals surface area contributed by atoms with Crippen molar-refractivity contribution in [2.75, 3.05) is 0 Å². The largest absolute Gasteiger partial charge is 0.480 e. The van der Waals surface area contributed by atoms with E-state index in [1.165, 1.54) is 9.36 Å². The third kappa shape index (κ3) is 11.3. The molecule has 198 valence electrons. The van der Waals surface area contributed by atoms with Crippen molar-refractivity contribution in [1.29, 1.82) is 0 Å². The molecule has 3 aromatic heterocycles. The molecule has 3 heterocycles. The van der Waals surface area contributed by atoms with Gasteiger partial charge in [0.25, 0.3) is 0 Å². The van der Waals surface area contributed by atoms with Crippen molar-refractivity contribution < 1.29 is 29.7 Å². The van der Waals surface area contributed by atoms with Crippen LogP contribution in [0.15, 0.2) is 18.5 Å². The maximum atomic E-state index is 10.3. The average Bonchev–Trinajstić information content (AvgIpc) is 3.49. The maximum absolute atomic E-state index is 10.3. The first-order chi connectivity index (χ1) is 16.8. The number of hydrogen-bond donors (Lipinski definition) is 3. The van der Waals surface area contributed by atoms with Gasteiger partial charge in [-0.15, -0.1) is 15.3 Å². The molecule has 0 aliphatic carbocycles. The van der Waals surface area contributed by atoms with Crippen LogP contribution >= 0.6 is 0 Å². The minimum absolute atomic E-state index is 0.0628. The van der Waals surface area contributed by atoms with Crippen molar-refractivity contribution in [1.82, 2.24) is 45.0 Å². The van der Waals surface area contributed by atoms with Gasteiger partial charge in [-0.1, -0.05) is 46.8 Å². The predicted octanol–water partition coefficient (Wildman–Crippen LogP) is 1.46. The molecule has 0 aliphatic rings. The monoisotopic (exact) mass is 507 g/mol. The highest BCUT2D eigenvalue weighted by molar-refractivity contribution is 5.66. The zero-order chi connectivity index (χ0) is 27.4. The normalized spacial score (nSPS) is 10.6. The van der Waals surface area contributed by atoms with E-state index in [0.717, 1.165) is 16.2 Å². The van der Waals surface area contributed by atoms with Gasteiger partial charge in [0, 0.05) is 18.3 Å². The number of aliphatic carboxylic acids is 3. The Morgan fingerprint density at radius 3 is 1.69 bits per heavy atom. The fourth-order valence-electron chi connectivity index (χ4n) is 2.38. The molecule has 3 rings (SSSR count). The van der Waals surface area contributed by atoms with E-state index in [-0.39, 0.29) is 31.5 Å². The summed E-state index contributed by atoms with van der Waals surface area (Å²) in [6, 6.07) is 1.84. The van der Waals surface area contributed by atoms with Gasteiger partial charge in [0.05, 0.1) is 11.4 Å². The Morgan fingerprint density at radius 1 is 0.722 bits per heavy atom. The SMILES string of the molecule is CC(C)c1ccn(CC(=O)O)n1.CC(C)c1cn(CC(=O)O)nn1.CC(C)c1nnn(CC(=O)O)n1. The molecule has 0 spiro atoms. The van der Waals surface area contributed by atoms with Crippen molar-refractivity contribution in [2.45, 2.75) is 78.9 Å². The minimum Gasteiger partial charge on any atom is -0.480 e. The zero-order valence-corrected chi connectivity index (χ0v) is 21.2. The third-order valence-electron chi connectivity index (χ3n) is 4.26. The Hall–Kier alpha value is -4.17. The van der Waals surface area contributed by atoms with E-state index >= 15 is 0 Å². The number of rotatable bonds is 9. The lowest BCUT2D eigenvalue weighted by Crippen LogP contribution is -2.11. The summed E-state index contributed by atoms with van der Waals surface area (Å²) in [7, 11) is 0. The van der Waals surface area contributed by atoms with E-state index in [0.29, 0.717) is 11.7 Å². The second-order valence-corrected chi connectivity index (χ2v) is 8.60. The molecular formula is C21H33N9O6. The molecule has 0 unspecified atom stereocenters. The molecule has 36 heavy (non-hydrogen) atoms. The highest BCUT2D eigenvalue weighted by Crippen LogP contribution is 2.10. The first-order valence-electron chi connectivity index (χ1n) is 11.1. The summed E-state index contributed by atoms with van der Waals surface area (Å²) in [5, 5.41) is 48.0. The van der Waals surface area contributed by atoms with Crippen molar-refractivity contribution in [3.8, 4) is 0 Å². The lowest BCUT2D eigenvalue weighted by Gasteiger charge is -1.98. The van der Waals surface area contributed by atoms with E-state index in [1.54, 1.807) is 12.4 Å². The molecule has 15 heteroatoms. The van der Waals surface area contributed by atoms with Crippen LogP contribution in [0, 0.1) is 0 Å². The van der Waals surface area contributed by atoms with Gasteiger partial charge < -0.3 is 15.3 Å². The van der Waals surface area contributed by atoms with E-state index in [2.05, 4.69) is 30.8 Å². The summed E-state index contributed by atoms with van der Waals surface area (Å²) in [4.78, 5) is 31.8. The van der Waals surface area contributed by atoms with Crippen LogP contribution < -0.4 is 0 Å². The summed E-state index contributed by atoms with van der Waals surface area (Å²) >= 11 is 0. The standard InChI is InChI=1S/C8H12N2O2.C7H11N3O2.C6H10N4O2/c1-6(2)7-3-4-10(9-7)5-8(11)12;1-5(2)6-3-10(9-8-6)4-7(11)12;1-4(2)6-7-9-10(8-6)3-5(11)12/h3-4,6H,5H2,1-2H3,(H,11,12);3,5H,4H2,1-2H3,(H,11,12);4H,3H2,1-2H3,(H,11,12). The molecule has 0 saturated carbocycles. The van der Waals surface area contributed by atoms with Gasteiger partial charge >= 0.3 is 17.9 Å². The average molecular weight is 508 g/mol. The van der Waals surface area contributed by atoms with Crippen LogP contribution in [0.25, 0.3) is 0 Å². The first-order valence-corrected chi connectivity index (χ1v) is 11.1. The summed E-state index contributed by atoms with van der Waals surface area (Å²) in [6.45, 7) is 11.4. The summed E-state index contributed by atoms with van der Waals surface area (Å²) < 4.78 is 2.75. The highest BCUT2D eigenvalue weighted by atomic mass is 16.4. The molecule has 0 atom stereocenters. The van der Waals surface area contributed by atoms with Crippen LogP contribution in [-0.4, -0.2) is 78.2 Å². The van der Waals surface area contributed by atoms with Crippen molar-refractivity contribution in [2.24, 2.45) is 0 Å². The highest BCUT2D eigenvalue weighted by Gasteiger charge is 2.09. The Balaban J connectivity index is 0.000000270. The molecule has 0 aromatic carbocycles. The van der Waals surface area contributed by atoms with Gasteiger partial charge in [0.15, 0.2) is 12.4 Å². The van der Waals surface area contributed by atoms with E-state index in [9.17, 15) is 14.4 Å². The van der Waals surface area contributed by atoms with E-state index in [1.807, 2.05) is 47.6 Å². The van der Waals surface area contributed by atoms with Gasteiger partial charge in [-0.2, -0.15) is 9.90 Å². The van der Waals surface area contributed by atoms with Crippen molar-refractivity contribution >= 4 is 17.9 Å². The number of tetrazole rings is 1. The number of carboxylic acid groups (broad SMARTS) is 3. The second-order valence-electron chi connectivity index (χ2n) is 8.60. The van der Waals surface area contributed by atoms with Crippen LogP contribution in [0.1, 0.15) is 76.5 Å². The molecule has 0 bridgehead atoms. The van der Waals surface area contributed by atoms with Gasteiger partial charge in [0.1, 0.15) is 13.1 Å². The van der Waals surface area contributed by atoms with Crippen LogP contribution in [-0.2, 0) is 34.0 Å². The molecule has 3 aromatic rings. The molecule has 15 nitrogen and oxygen atoms in total. The molecule has 0 aliphatic heterocycles. The molecule has 0 fully saturated rings. The molecule has 3 N–H and O–H groups in total. The maximum Gasteiger partial charge on any atom is 0.327 e.